The normalized spacial score (nSPS) is 19.5. The van der Waals surface area contributed by atoms with Crippen molar-refractivity contribution in [3.05, 3.63) is 24.5 Å². The molecule has 1 atom stereocenters. The molecule has 8 heteroatoms. The highest BCUT2D eigenvalue weighted by atomic mass is 32.2. The Bertz CT molecular complexity index is 576. The van der Waals surface area contributed by atoms with Gasteiger partial charge in [-0.15, -0.1) is 0 Å². The van der Waals surface area contributed by atoms with Gasteiger partial charge < -0.3 is 10.2 Å². The fourth-order valence-electron chi connectivity index (χ4n) is 2.20. The monoisotopic (exact) mass is 312 g/mol. The lowest BCUT2D eigenvalue weighted by Gasteiger charge is -2.32. The number of pyridine rings is 1. The van der Waals surface area contributed by atoms with Crippen LogP contribution in [-0.2, 0) is 14.8 Å². The van der Waals surface area contributed by atoms with Crippen LogP contribution in [0.3, 0.4) is 0 Å². The third-order valence-electron chi connectivity index (χ3n) is 3.30. The van der Waals surface area contributed by atoms with Crippen LogP contribution in [0.1, 0.15) is 13.3 Å². The minimum absolute atomic E-state index is 0.0303. The van der Waals surface area contributed by atoms with Crippen molar-refractivity contribution < 1.29 is 13.2 Å². The lowest BCUT2D eigenvalue weighted by atomic mass is 10.2. The summed E-state index contributed by atoms with van der Waals surface area (Å²) in [6, 6.07) is 3.30. The van der Waals surface area contributed by atoms with E-state index in [0.29, 0.717) is 13.1 Å². The first-order chi connectivity index (χ1) is 9.99. The molecule has 0 bridgehead atoms. The summed E-state index contributed by atoms with van der Waals surface area (Å²) in [4.78, 5) is 17.7. The largest absolute Gasteiger partial charge is 0.340 e. The molecule has 21 heavy (non-hydrogen) atoms. The number of piperazine rings is 1. The molecule has 1 aromatic heterocycles. The summed E-state index contributed by atoms with van der Waals surface area (Å²) in [5.74, 6) is -0.0303. The van der Waals surface area contributed by atoms with Crippen LogP contribution in [0.2, 0.25) is 0 Å². The molecule has 1 fully saturated rings. The SMILES string of the molecule is CC1CN(C(=O)CCNS(=O)(=O)c2cccnc2)CCN1. The van der Waals surface area contributed by atoms with Gasteiger partial charge in [-0.25, -0.2) is 13.1 Å². The molecule has 1 aliphatic heterocycles. The zero-order valence-corrected chi connectivity index (χ0v) is 12.8. The van der Waals surface area contributed by atoms with E-state index in [0.717, 1.165) is 6.54 Å². The van der Waals surface area contributed by atoms with Crippen molar-refractivity contribution in [1.82, 2.24) is 19.9 Å². The Balaban J connectivity index is 1.82. The van der Waals surface area contributed by atoms with Crippen molar-refractivity contribution in [2.75, 3.05) is 26.2 Å². The number of carbonyl (C=O) groups is 1. The van der Waals surface area contributed by atoms with Crippen LogP contribution in [0.4, 0.5) is 0 Å². The van der Waals surface area contributed by atoms with Crippen LogP contribution >= 0.6 is 0 Å². The first kappa shape index (κ1) is 15.9. The molecule has 1 unspecified atom stereocenters. The second kappa shape index (κ2) is 6.97. The lowest BCUT2D eigenvalue weighted by Crippen LogP contribution is -2.51. The third kappa shape index (κ3) is 4.48. The van der Waals surface area contributed by atoms with Gasteiger partial charge in [-0.05, 0) is 19.1 Å². The van der Waals surface area contributed by atoms with Gasteiger partial charge in [0.2, 0.25) is 15.9 Å². The van der Waals surface area contributed by atoms with Crippen LogP contribution in [0.15, 0.2) is 29.4 Å². The van der Waals surface area contributed by atoms with Gasteiger partial charge in [0.25, 0.3) is 0 Å². The van der Waals surface area contributed by atoms with Crippen molar-refractivity contribution in [2.24, 2.45) is 0 Å². The summed E-state index contributed by atoms with van der Waals surface area (Å²) in [6.45, 7) is 4.21. The quantitative estimate of drug-likeness (QED) is 0.770. The molecule has 2 rings (SSSR count). The van der Waals surface area contributed by atoms with E-state index in [2.05, 4.69) is 15.0 Å². The Morgan fingerprint density at radius 2 is 2.38 bits per heavy atom. The zero-order chi connectivity index (χ0) is 15.3. The molecular weight excluding hydrogens is 292 g/mol. The summed E-state index contributed by atoms with van der Waals surface area (Å²) in [5, 5.41) is 3.26. The third-order valence-corrected chi connectivity index (χ3v) is 4.74. The second-order valence-electron chi connectivity index (χ2n) is 5.03. The number of rotatable bonds is 5. The molecule has 0 radical (unpaired) electrons. The molecular formula is C13H20N4O3S. The molecule has 7 nitrogen and oxygen atoms in total. The smallest absolute Gasteiger partial charge is 0.242 e. The van der Waals surface area contributed by atoms with Crippen molar-refractivity contribution >= 4 is 15.9 Å². The molecule has 1 saturated heterocycles. The number of sulfonamides is 1. The molecule has 0 aromatic carbocycles. The highest BCUT2D eigenvalue weighted by molar-refractivity contribution is 7.89. The summed E-state index contributed by atoms with van der Waals surface area (Å²) >= 11 is 0. The van der Waals surface area contributed by atoms with E-state index in [1.54, 1.807) is 11.0 Å². The fraction of sp³-hybridized carbons (Fsp3) is 0.538. The van der Waals surface area contributed by atoms with E-state index in [9.17, 15) is 13.2 Å². The first-order valence-electron chi connectivity index (χ1n) is 6.90. The zero-order valence-electron chi connectivity index (χ0n) is 11.9. The van der Waals surface area contributed by atoms with E-state index in [1.165, 1.54) is 18.5 Å². The number of hydrogen-bond acceptors (Lipinski definition) is 5. The van der Waals surface area contributed by atoms with Gasteiger partial charge >= 0.3 is 0 Å². The fourth-order valence-corrected chi connectivity index (χ4v) is 3.19. The van der Waals surface area contributed by atoms with Crippen LogP contribution < -0.4 is 10.0 Å². The number of hydrogen-bond donors (Lipinski definition) is 2. The van der Waals surface area contributed by atoms with E-state index in [-0.39, 0.29) is 29.8 Å². The minimum Gasteiger partial charge on any atom is -0.340 e. The van der Waals surface area contributed by atoms with E-state index >= 15 is 0 Å². The van der Waals surface area contributed by atoms with E-state index in [4.69, 9.17) is 0 Å². The van der Waals surface area contributed by atoms with E-state index < -0.39 is 10.0 Å². The highest BCUT2D eigenvalue weighted by Crippen LogP contribution is 2.06. The van der Waals surface area contributed by atoms with Crippen LogP contribution in [0.25, 0.3) is 0 Å². The van der Waals surface area contributed by atoms with Gasteiger partial charge in [-0.1, -0.05) is 0 Å². The maximum absolute atomic E-state index is 12.0. The molecule has 0 aliphatic carbocycles. The Hall–Kier alpha value is -1.51. The van der Waals surface area contributed by atoms with E-state index in [1.807, 2.05) is 6.92 Å². The summed E-state index contributed by atoms with van der Waals surface area (Å²) in [7, 11) is -3.59. The maximum Gasteiger partial charge on any atom is 0.242 e. The average molecular weight is 312 g/mol. The van der Waals surface area contributed by atoms with Gasteiger partial charge in [0.05, 0.1) is 0 Å². The Morgan fingerprint density at radius 3 is 3.05 bits per heavy atom. The molecule has 2 heterocycles. The average Bonchev–Trinajstić information content (AvgIpc) is 2.48. The number of aromatic nitrogens is 1. The van der Waals surface area contributed by atoms with Crippen molar-refractivity contribution in [1.29, 1.82) is 0 Å². The molecule has 0 saturated carbocycles. The Labute approximate surface area is 124 Å². The Morgan fingerprint density at radius 1 is 1.57 bits per heavy atom. The van der Waals surface area contributed by atoms with Gasteiger partial charge in [-0.2, -0.15) is 0 Å². The summed E-state index contributed by atoms with van der Waals surface area (Å²) < 4.78 is 26.3. The molecule has 1 aliphatic rings. The molecule has 1 aromatic rings. The number of nitrogens with zero attached hydrogens (tertiary/aromatic N) is 2. The van der Waals surface area contributed by atoms with Gasteiger partial charge in [0.15, 0.2) is 0 Å². The van der Waals surface area contributed by atoms with Gasteiger partial charge in [0.1, 0.15) is 4.90 Å². The number of amides is 1. The number of nitrogens with one attached hydrogen (secondary N) is 2. The molecule has 1 amide bonds. The molecule has 0 spiro atoms. The topological polar surface area (TPSA) is 91.4 Å². The summed E-state index contributed by atoms with van der Waals surface area (Å²) in [5.41, 5.74) is 0. The van der Waals surface area contributed by atoms with Gasteiger partial charge in [0, 0.05) is 51.0 Å². The maximum atomic E-state index is 12.0. The van der Waals surface area contributed by atoms with Crippen LogP contribution in [-0.4, -0.2) is 56.4 Å². The van der Waals surface area contributed by atoms with Gasteiger partial charge in [-0.3, -0.25) is 9.78 Å². The predicted molar refractivity (Wildman–Crippen MR) is 78.1 cm³/mol. The lowest BCUT2D eigenvalue weighted by molar-refractivity contribution is -0.132. The Kier molecular flexibility index (Phi) is 5.27. The van der Waals surface area contributed by atoms with Crippen molar-refractivity contribution in [3.63, 3.8) is 0 Å². The minimum atomic E-state index is -3.59. The summed E-state index contributed by atoms with van der Waals surface area (Å²) in [6.07, 6.45) is 2.95. The molecule has 2 N–H and O–H groups in total. The highest BCUT2D eigenvalue weighted by Gasteiger charge is 2.21. The van der Waals surface area contributed by atoms with Crippen molar-refractivity contribution in [2.45, 2.75) is 24.3 Å². The second-order valence-corrected chi connectivity index (χ2v) is 6.80. The standard InChI is InChI=1S/C13H20N4O3S/c1-11-10-17(8-7-15-11)13(18)4-6-16-21(19,20)12-3-2-5-14-9-12/h2-3,5,9,11,15-16H,4,6-8,10H2,1H3. The van der Waals surface area contributed by atoms with Crippen LogP contribution in [0, 0.1) is 0 Å². The predicted octanol–water partition coefficient (Wildman–Crippen LogP) is -0.430. The first-order valence-corrected chi connectivity index (χ1v) is 8.38. The van der Waals surface area contributed by atoms with Crippen LogP contribution in [0.5, 0.6) is 0 Å². The molecule has 116 valence electrons. The van der Waals surface area contributed by atoms with Crippen molar-refractivity contribution in [3.8, 4) is 0 Å². The number of carbonyl (C=O) groups excluding carboxylic acids is 1.